The molecule has 0 spiro atoms. The molecule has 0 unspecified atom stereocenters. The van der Waals surface area contributed by atoms with Gasteiger partial charge in [0, 0.05) is 36.2 Å². The molecule has 1 fully saturated rings. The van der Waals surface area contributed by atoms with Gasteiger partial charge in [-0.3, -0.25) is 4.79 Å². The number of nitrogens with zero attached hydrogens (tertiary/aromatic N) is 1. The van der Waals surface area contributed by atoms with E-state index in [0.717, 1.165) is 67.7 Å². The van der Waals surface area contributed by atoms with Crippen molar-refractivity contribution in [2.45, 2.75) is 26.9 Å². The quantitative estimate of drug-likeness (QED) is 0.579. The summed E-state index contributed by atoms with van der Waals surface area (Å²) in [5, 5.41) is 0. The molecular weight excluding hydrogens is 382 g/mol. The van der Waals surface area contributed by atoms with E-state index in [1.165, 1.54) is 10.5 Å². The molecule has 0 radical (unpaired) electrons. The minimum absolute atomic E-state index is 0.251. The summed E-state index contributed by atoms with van der Waals surface area (Å²) in [6.07, 6.45) is 0. The van der Waals surface area contributed by atoms with Crippen molar-refractivity contribution >= 4 is 5.78 Å². The third-order valence-corrected chi connectivity index (χ3v) is 6.36. The van der Waals surface area contributed by atoms with E-state index in [4.69, 9.17) is 14.2 Å². The molecule has 7 nitrogen and oxygen atoms in total. The van der Waals surface area contributed by atoms with Crippen molar-refractivity contribution in [2.75, 3.05) is 53.2 Å². The van der Waals surface area contributed by atoms with Gasteiger partial charge in [0.25, 0.3) is 0 Å². The maximum Gasteiger partial charge on any atom is 0.231 e. The Morgan fingerprint density at radius 2 is 1.80 bits per heavy atom. The number of methoxy groups -OCH3 is 1. The van der Waals surface area contributed by atoms with E-state index in [1.54, 1.807) is 12.0 Å². The highest BCUT2D eigenvalue weighted by atomic mass is 16.7. The van der Waals surface area contributed by atoms with Crippen molar-refractivity contribution in [3.05, 3.63) is 46.8 Å². The minimum Gasteiger partial charge on any atom is -0.454 e. The zero-order valence-electron chi connectivity index (χ0n) is 18.3. The number of carbonyl (C=O) groups excluding carboxylic acids is 1. The molecule has 0 saturated carbocycles. The van der Waals surface area contributed by atoms with Crippen LogP contribution < -0.4 is 19.3 Å². The largest absolute Gasteiger partial charge is 0.454 e. The van der Waals surface area contributed by atoms with E-state index in [9.17, 15) is 4.79 Å². The van der Waals surface area contributed by atoms with E-state index < -0.39 is 0 Å². The van der Waals surface area contributed by atoms with Crippen LogP contribution in [0.3, 0.4) is 0 Å². The molecule has 1 aromatic carbocycles. The van der Waals surface area contributed by atoms with Gasteiger partial charge in [0.05, 0.1) is 6.61 Å². The van der Waals surface area contributed by atoms with Crippen LogP contribution in [0.4, 0.5) is 0 Å². The van der Waals surface area contributed by atoms with Gasteiger partial charge < -0.3 is 28.6 Å². The molecule has 0 atom stereocenters. The number of carbonyl (C=O) groups is 1. The second-order valence-corrected chi connectivity index (χ2v) is 8.39. The molecule has 30 heavy (non-hydrogen) atoms. The van der Waals surface area contributed by atoms with Gasteiger partial charge >= 0.3 is 0 Å². The lowest BCUT2D eigenvalue weighted by Gasteiger charge is -2.29. The van der Waals surface area contributed by atoms with Gasteiger partial charge in [0.15, 0.2) is 11.5 Å². The maximum atomic E-state index is 13.0. The standard InChI is InChI=1S/C23H31N3O4/c1-17-12-20(18(2)26(17)10-11-28-3)21(27)15-25-8-6-24(7-9-25)14-19-4-5-22-23(13-19)30-16-29-22/h4-5,12-13H,6-11,14-16H2,1-3H3/p+2. The zero-order valence-corrected chi connectivity index (χ0v) is 18.3. The van der Waals surface area contributed by atoms with Crippen LogP contribution in [0.15, 0.2) is 24.3 Å². The number of rotatable bonds is 8. The summed E-state index contributed by atoms with van der Waals surface area (Å²) in [4.78, 5) is 15.9. The van der Waals surface area contributed by atoms with Crippen LogP contribution in [0.2, 0.25) is 0 Å². The molecule has 1 saturated heterocycles. The predicted octanol–water partition coefficient (Wildman–Crippen LogP) is -0.354. The number of piperazine rings is 1. The smallest absolute Gasteiger partial charge is 0.231 e. The molecule has 1 aromatic heterocycles. The average Bonchev–Trinajstić information content (AvgIpc) is 3.32. The number of hydrogen-bond acceptors (Lipinski definition) is 4. The normalized spacial score (nSPS) is 20.5. The maximum absolute atomic E-state index is 13.0. The summed E-state index contributed by atoms with van der Waals surface area (Å²) < 4.78 is 18.3. The van der Waals surface area contributed by atoms with Crippen molar-refractivity contribution in [1.29, 1.82) is 0 Å². The lowest BCUT2D eigenvalue weighted by atomic mass is 10.1. The Balaban J connectivity index is 1.29. The van der Waals surface area contributed by atoms with Crippen LogP contribution >= 0.6 is 0 Å². The number of hydrogen-bond donors (Lipinski definition) is 2. The van der Waals surface area contributed by atoms with Gasteiger partial charge in [-0.15, -0.1) is 0 Å². The third kappa shape index (κ3) is 4.53. The molecule has 2 aromatic rings. The Morgan fingerprint density at radius 3 is 2.57 bits per heavy atom. The van der Waals surface area contributed by atoms with Crippen molar-refractivity contribution in [2.24, 2.45) is 0 Å². The third-order valence-electron chi connectivity index (χ3n) is 6.36. The van der Waals surface area contributed by atoms with Crippen molar-refractivity contribution in [1.82, 2.24) is 4.57 Å². The molecule has 4 rings (SSSR count). The minimum atomic E-state index is 0.251. The SMILES string of the molecule is COCCn1c(C)cc(C(=O)C[NH+]2CC[NH+](Cc3ccc4c(c3)OCO4)CC2)c1C. The fraction of sp³-hybridized carbons (Fsp3) is 0.522. The summed E-state index contributed by atoms with van der Waals surface area (Å²) >= 11 is 0. The number of nitrogens with one attached hydrogen (secondary N) is 2. The molecule has 2 N–H and O–H groups in total. The molecule has 2 aliphatic heterocycles. The number of ether oxygens (including phenoxy) is 3. The number of Topliss-reactive ketones (excluding diaryl/α,β-unsaturated/α-hetero) is 1. The van der Waals surface area contributed by atoms with Crippen LogP contribution in [-0.4, -0.2) is 63.6 Å². The summed E-state index contributed by atoms with van der Waals surface area (Å²) in [6, 6.07) is 8.26. The molecule has 0 aliphatic carbocycles. The number of quaternary nitrogens is 2. The Kier molecular flexibility index (Phi) is 6.41. The second-order valence-electron chi connectivity index (χ2n) is 8.39. The molecular formula is C23H33N3O4+2. The van der Waals surface area contributed by atoms with Crippen LogP contribution in [0.5, 0.6) is 11.5 Å². The van der Waals surface area contributed by atoms with Crippen LogP contribution in [0.1, 0.15) is 27.3 Å². The van der Waals surface area contributed by atoms with Crippen LogP contribution in [0, 0.1) is 13.8 Å². The van der Waals surface area contributed by atoms with Gasteiger partial charge in [0.2, 0.25) is 12.6 Å². The first kappa shape index (κ1) is 20.9. The molecule has 3 heterocycles. The van der Waals surface area contributed by atoms with Gasteiger partial charge in [-0.05, 0) is 38.1 Å². The summed E-state index contributed by atoms with van der Waals surface area (Å²) in [5.41, 5.74) is 4.32. The molecule has 0 bridgehead atoms. The number of aromatic nitrogens is 1. The highest BCUT2D eigenvalue weighted by Crippen LogP contribution is 2.32. The first-order chi connectivity index (χ1) is 14.5. The first-order valence-corrected chi connectivity index (χ1v) is 10.8. The Hall–Kier alpha value is -2.35. The Bertz CT molecular complexity index is 900. The summed E-state index contributed by atoms with van der Waals surface area (Å²) in [7, 11) is 1.71. The van der Waals surface area contributed by atoms with Crippen molar-refractivity contribution in [3.8, 4) is 11.5 Å². The van der Waals surface area contributed by atoms with Crippen LogP contribution in [-0.2, 0) is 17.8 Å². The Morgan fingerprint density at radius 1 is 1.07 bits per heavy atom. The first-order valence-electron chi connectivity index (χ1n) is 10.8. The topological polar surface area (TPSA) is 58.6 Å². The summed E-state index contributed by atoms with van der Waals surface area (Å²) in [6.45, 7) is 11.6. The number of fused-ring (bicyclic) bond motifs is 1. The monoisotopic (exact) mass is 415 g/mol. The van der Waals surface area contributed by atoms with Gasteiger partial charge in [0.1, 0.15) is 39.3 Å². The second kappa shape index (κ2) is 9.20. The molecule has 7 heteroatoms. The fourth-order valence-electron chi connectivity index (χ4n) is 4.58. The molecule has 162 valence electrons. The van der Waals surface area contributed by atoms with Gasteiger partial charge in [-0.25, -0.2) is 0 Å². The van der Waals surface area contributed by atoms with E-state index in [-0.39, 0.29) is 5.78 Å². The number of aryl methyl sites for hydroxylation is 1. The summed E-state index contributed by atoms with van der Waals surface area (Å²) in [5.74, 6) is 1.94. The lowest BCUT2D eigenvalue weighted by Crippen LogP contribution is -3.27. The van der Waals surface area contributed by atoms with Crippen molar-refractivity contribution < 1.29 is 28.8 Å². The number of benzene rings is 1. The Labute approximate surface area is 178 Å². The van der Waals surface area contributed by atoms with Crippen molar-refractivity contribution in [3.63, 3.8) is 0 Å². The number of ketones is 1. The van der Waals surface area contributed by atoms with Gasteiger partial charge in [-0.1, -0.05) is 0 Å². The average molecular weight is 416 g/mol. The van der Waals surface area contributed by atoms with Crippen LogP contribution in [0.25, 0.3) is 0 Å². The zero-order chi connectivity index (χ0) is 21.1. The fourth-order valence-corrected chi connectivity index (χ4v) is 4.58. The van der Waals surface area contributed by atoms with E-state index in [2.05, 4.69) is 23.6 Å². The van der Waals surface area contributed by atoms with E-state index >= 15 is 0 Å². The highest BCUT2D eigenvalue weighted by Gasteiger charge is 2.27. The lowest BCUT2D eigenvalue weighted by molar-refractivity contribution is -1.01. The van der Waals surface area contributed by atoms with E-state index in [0.29, 0.717) is 19.9 Å². The predicted molar refractivity (Wildman–Crippen MR) is 113 cm³/mol. The van der Waals surface area contributed by atoms with E-state index in [1.807, 2.05) is 19.1 Å². The molecule has 2 aliphatic rings. The molecule has 0 amide bonds. The highest BCUT2D eigenvalue weighted by molar-refractivity contribution is 5.98. The van der Waals surface area contributed by atoms with Gasteiger partial charge in [-0.2, -0.15) is 0 Å².